The molecular weight excluding hydrogens is 440 g/mol. The van der Waals surface area contributed by atoms with Crippen LogP contribution in [-0.4, -0.2) is 11.6 Å². The molecule has 0 N–H and O–H groups in total. The average Bonchev–Trinajstić information content (AvgIpc) is 3.23. The summed E-state index contributed by atoms with van der Waals surface area (Å²) in [6.07, 6.45) is 0. The summed E-state index contributed by atoms with van der Waals surface area (Å²) < 4.78 is 0. The zero-order valence-electron chi connectivity index (χ0n) is 20.5. The molecule has 2 heteroatoms. The standard InChI is InChI=1S/C34H28O2/c1-33-27(23-15-7-3-8-16-23)28(24-17-9-4-10-18-24)34(2,32(33)36)30(29(33)25-19-11-5-12-20-25)31(35)26-21-13-6-14-22-26/h3-22,29-30H,1-2H3. The molecule has 0 radical (unpaired) electrons. The SMILES string of the molecule is CC12C(=O)C(C)(C(c3ccccc3)=C1c1ccccc1)C(c1ccccc1)C2C(=O)c1ccccc1. The van der Waals surface area contributed by atoms with Crippen molar-refractivity contribution in [1.29, 1.82) is 0 Å². The lowest BCUT2D eigenvalue weighted by molar-refractivity contribution is -0.127. The molecule has 4 unspecified atom stereocenters. The van der Waals surface area contributed by atoms with Gasteiger partial charge >= 0.3 is 0 Å². The van der Waals surface area contributed by atoms with Gasteiger partial charge in [-0.15, -0.1) is 0 Å². The van der Waals surface area contributed by atoms with Crippen molar-refractivity contribution in [2.45, 2.75) is 19.8 Å². The predicted octanol–water partition coefficient (Wildman–Crippen LogP) is 7.49. The number of Topliss-reactive ketones (excluding diaryl/α,β-unsaturated/α-hetero) is 2. The summed E-state index contributed by atoms with van der Waals surface area (Å²) in [5.41, 5.74) is 3.97. The lowest BCUT2D eigenvalue weighted by Crippen LogP contribution is -2.38. The van der Waals surface area contributed by atoms with Gasteiger partial charge in [0.15, 0.2) is 11.6 Å². The Morgan fingerprint density at radius 1 is 0.583 bits per heavy atom. The summed E-state index contributed by atoms with van der Waals surface area (Å²) in [6.45, 7) is 4.09. The minimum Gasteiger partial charge on any atom is -0.298 e. The Morgan fingerprint density at radius 3 is 1.50 bits per heavy atom. The Kier molecular flexibility index (Phi) is 5.15. The van der Waals surface area contributed by atoms with E-state index in [1.54, 1.807) is 0 Å². The molecule has 2 aliphatic rings. The number of allylic oxidation sites excluding steroid dienone is 2. The van der Waals surface area contributed by atoms with Crippen molar-refractivity contribution >= 4 is 22.7 Å². The van der Waals surface area contributed by atoms with Crippen LogP contribution in [0.3, 0.4) is 0 Å². The smallest absolute Gasteiger partial charge is 0.167 e. The van der Waals surface area contributed by atoms with Gasteiger partial charge in [-0.25, -0.2) is 0 Å². The molecule has 0 spiro atoms. The highest BCUT2D eigenvalue weighted by atomic mass is 16.1. The molecular formula is C34H28O2. The maximum Gasteiger partial charge on any atom is 0.167 e. The molecule has 36 heavy (non-hydrogen) atoms. The predicted molar refractivity (Wildman–Crippen MR) is 144 cm³/mol. The van der Waals surface area contributed by atoms with Gasteiger partial charge in [0, 0.05) is 17.4 Å². The van der Waals surface area contributed by atoms with E-state index >= 15 is 0 Å². The molecule has 0 heterocycles. The van der Waals surface area contributed by atoms with Gasteiger partial charge in [-0.2, -0.15) is 0 Å². The van der Waals surface area contributed by atoms with Crippen LogP contribution < -0.4 is 0 Å². The maximum atomic E-state index is 14.7. The molecule has 6 rings (SSSR count). The van der Waals surface area contributed by atoms with Crippen molar-refractivity contribution in [2.24, 2.45) is 16.7 Å². The van der Waals surface area contributed by atoms with Gasteiger partial charge in [0.2, 0.25) is 0 Å². The highest BCUT2D eigenvalue weighted by molar-refractivity contribution is 6.26. The molecule has 4 atom stereocenters. The number of carbonyl (C=O) groups is 2. The van der Waals surface area contributed by atoms with E-state index in [1.807, 2.05) is 91.9 Å². The Labute approximate surface area is 212 Å². The highest BCUT2D eigenvalue weighted by Crippen LogP contribution is 2.74. The van der Waals surface area contributed by atoms with Gasteiger partial charge in [-0.05, 0) is 41.7 Å². The van der Waals surface area contributed by atoms with Gasteiger partial charge in [0.1, 0.15) is 0 Å². The molecule has 0 saturated heterocycles. The maximum absolute atomic E-state index is 14.7. The van der Waals surface area contributed by atoms with Crippen molar-refractivity contribution in [2.75, 3.05) is 0 Å². The molecule has 1 saturated carbocycles. The number of ketones is 2. The monoisotopic (exact) mass is 468 g/mol. The number of fused-ring (bicyclic) bond motifs is 2. The summed E-state index contributed by atoms with van der Waals surface area (Å²) in [7, 11) is 0. The molecule has 2 nitrogen and oxygen atoms in total. The second-order valence-electron chi connectivity index (χ2n) is 10.3. The van der Waals surface area contributed by atoms with E-state index in [-0.39, 0.29) is 17.5 Å². The third-order valence-corrected chi connectivity index (χ3v) is 8.43. The molecule has 0 aromatic heterocycles. The number of carbonyl (C=O) groups excluding carboxylic acids is 2. The molecule has 4 aromatic rings. The second kappa shape index (κ2) is 8.27. The van der Waals surface area contributed by atoms with Crippen molar-refractivity contribution in [3.05, 3.63) is 144 Å². The van der Waals surface area contributed by atoms with Crippen LogP contribution in [-0.2, 0) is 4.79 Å². The number of hydrogen-bond donors (Lipinski definition) is 0. The van der Waals surface area contributed by atoms with Crippen LogP contribution >= 0.6 is 0 Å². The van der Waals surface area contributed by atoms with Gasteiger partial charge in [0.25, 0.3) is 0 Å². The summed E-state index contributed by atoms with van der Waals surface area (Å²) in [5.74, 6) is -0.616. The van der Waals surface area contributed by atoms with E-state index in [0.29, 0.717) is 5.56 Å². The van der Waals surface area contributed by atoms with Crippen LogP contribution in [0.5, 0.6) is 0 Å². The minimum atomic E-state index is -0.964. The minimum absolute atomic E-state index is 0.0320. The van der Waals surface area contributed by atoms with Gasteiger partial charge in [-0.3, -0.25) is 9.59 Å². The fourth-order valence-corrected chi connectivity index (χ4v) is 7.03. The summed E-state index contributed by atoms with van der Waals surface area (Å²) in [5, 5.41) is 0. The third-order valence-electron chi connectivity index (χ3n) is 8.43. The fraction of sp³-hybridized carbons (Fsp3) is 0.176. The third kappa shape index (κ3) is 2.97. The highest BCUT2D eigenvalue weighted by Gasteiger charge is 2.73. The van der Waals surface area contributed by atoms with Gasteiger partial charge < -0.3 is 0 Å². The number of hydrogen-bond acceptors (Lipinski definition) is 2. The Morgan fingerprint density at radius 2 is 1.00 bits per heavy atom. The zero-order chi connectivity index (χ0) is 24.9. The van der Waals surface area contributed by atoms with Crippen molar-refractivity contribution in [1.82, 2.24) is 0 Å². The fourth-order valence-electron chi connectivity index (χ4n) is 7.03. The van der Waals surface area contributed by atoms with E-state index < -0.39 is 16.7 Å². The van der Waals surface area contributed by atoms with Crippen LogP contribution in [0.1, 0.15) is 46.8 Å². The average molecular weight is 469 g/mol. The lowest BCUT2D eigenvalue weighted by atomic mass is 9.59. The van der Waals surface area contributed by atoms with Crippen LogP contribution in [0.25, 0.3) is 11.1 Å². The molecule has 1 fully saturated rings. The van der Waals surface area contributed by atoms with Crippen LogP contribution in [0.2, 0.25) is 0 Å². The quantitative estimate of drug-likeness (QED) is 0.284. The summed E-state index contributed by atoms with van der Waals surface area (Å²) in [4.78, 5) is 29.1. The Balaban J connectivity index is 1.71. The first kappa shape index (κ1) is 22.4. The van der Waals surface area contributed by atoms with E-state index in [2.05, 4.69) is 43.3 Å². The molecule has 4 aromatic carbocycles. The Bertz CT molecular complexity index is 1470. The van der Waals surface area contributed by atoms with E-state index in [9.17, 15) is 9.59 Å². The van der Waals surface area contributed by atoms with E-state index in [1.165, 1.54) is 0 Å². The van der Waals surface area contributed by atoms with Crippen LogP contribution in [0, 0.1) is 16.7 Å². The first-order valence-electron chi connectivity index (χ1n) is 12.5. The zero-order valence-corrected chi connectivity index (χ0v) is 20.5. The molecule has 0 amide bonds. The van der Waals surface area contributed by atoms with Crippen LogP contribution in [0.4, 0.5) is 0 Å². The van der Waals surface area contributed by atoms with Crippen molar-refractivity contribution in [3.8, 4) is 0 Å². The van der Waals surface area contributed by atoms with E-state index in [0.717, 1.165) is 27.8 Å². The lowest BCUT2D eigenvalue weighted by Gasteiger charge is -2.41. The topological polar surface area (TPSA) is 34.1 Å². The molecule has 2 bridgehead atoms. The first-order valence-corrected chi connectivity index (χ1v) is 12.5. The Hall–Kier alpha value is -4.04. The first-order chi connectivity index (χ1) is 17.5. The van der Waals surface area contributed by atoms with Crippen LogP contribution in [0.15, 0.2) is 121 Å². The number of rotatable bonds is 5. The molecule has 2 aliphatic carbocycles. The van der Waals surface area contributed by atoms with E-state index in [4.69, 9.17) is 0 Å². The summed E-state index contributed by atoms with van der Waals surface area (Å²) >= 11 is 0. The van der Waals surface area contributed by atoms with Gasteiger partial charge in [-0.1, -0.05) is 121 Å². The molecule has 0 aliphatic heterocycles. The summed E-state index contributed by atoms with van der Waals surface area (Å²) in [6, 6.07) is 40.0. The molecule has 176 valence electrons. The van der Waals surface area contributed by atoms with Crippen molar-refractivity contribution in [3.63, 3.8) is 0 Å². The second-order valence-corrected chi connectivity index (χ2v) is 10.3. The largest absolute Gasteiger partial charge is 0.298 e. The normalized spacial score (nSPS) is 26.9. The van der Waals surface area contributed by atoms with Crippen molar-refractivity contribution < 1.29 is 9.59 Å². The van der Waals surface area contributed by atoms with Gasteiger partial charge in [0.05, 0.1) is 10.8 Å². The number of benzene rings is 4.